The Labute approximate surface area is 117 Å². The number of nitrogens with zero attached hydrogens (tertiary/aromatic N) is 1. The van der Waals surface area contributed by atoms with E-state index in [1.807, 2.05) is 38.1 Å². The molecule has 2 aromatic rings. The minimum atomic E-state index is 0.222. The fourth-order valence-electron chi connectivity index (χ4n) is 1.71. The Hall–Kier alpha value is -2.00. The van der Waals surface area contributed by atoms with Crippen molar-refractivity contribution in [2.45, 2.75) is 13.8 Å². The van der Waals surface area contributed by atoms with E-state index in [2.05, 4.69) is 10.5 Å². The van der Waals surface area contributed by atoms with Gasteiger partial charge in [0.1, 0.15) is 5.75 Å². The van der Waals surface area contributed by atoms with Crippen LogP contribution in [0.2, 0.25) is 5.02 Å². The van der Waals surface area contributed by atoms with Gasteiger partial charge in [-0.3, -0.25) is 5.43 Å². The van der Waals surface area contributed by atoms with Crippen LogP contribution in [0.25, 0.3) is 0 Å². The van der Waals surface area contributed by atoms with E-state index >= 15 is 0 Å². The summed E-state index contributed by atoms with van der Waals surface area (Å²) < 4.78 is 0. The van der Waals surface area contributed by atoms with Crippen molar-refractivity contribution in [1.82, 2.24) is 0 Å². The van der Waals surface area contributed by atoms with Crippen molar-refractivity contribution in [2.24, 2.45) is 5.10 Å². The van der Waals surface area contributed by atoms with Crippen LogP contribution in [0.5, 0.6) is 5.75 Å². The molecule has 19 heavy (non-hydrogen) atoms. The van der Waals surface area contributed by atoms with Gasteiger partial charge in [0.25, 0.3) is 0 Å². The summed E-state index contributed by atoms with van der Waals surface area (Å²) in [6.45, 7) is 3.81. The predicted octanol–water partition coefficient (Wildman–Crippen LogP) is 4.19. The molecule has 0 bridgehead atoms. The molecule has 0 fully saturated rings. The number of benzene rings is 2. The highest BCUT2D eigenvalue weighted by atomic mass is 35.5. The van der Waals surface area contributed by atoms with Crippen LogP contribution in [0.3, 0.4) is 0 Å². The molecular weight excluding hydrogens is 260 g/mol. The number of hydrogen-bond acceptors (Lipinski definition) is 3. The van der Waals surface area contributed by atoms with Crippen molar-refractivity contribution in [2.75, 3.05) is 5.43 Å². The number of aryl methyl sites for hydroxylation is 1. The summed E-state index contributed by atoms with van der Waals surface area (Å²) in [5.74, 6) is 0.222. The molecular formula is C15H15ClN2O. The normalized spacial score (nSPS) is 11.4. The molecule has 0 atom stereocenters. The zero-order valence-corrected chi connectivity index (χ0v) is 11.6. The standard InChI is InChI=1S/C15H15ClN2O/c1-10-6-7-15(19)14(8-10)11(2)17-18-13-5-3-4-12(16)9-13/h3-9,18-19H,1-2H3/b17-11+. The van der Waals surface area contributed by atoms with Gasteiger partial charge in [-0.25, -0.2) is 0 Å². The Morgan fingerprint density at radius 3 is 2.74 bits per heavy atom. The molecule has 0 unspecified atom stereocenters. The molecule has 0 aliphatic heterocycles. The number of rotatable bonds is 3. The lowest BCUT2D eigenvalue weighted by Gasteiger charge is -2.07. The molecule has 3 nitrogen and oxygen atoms in total. The third-order valence-electron chi connectivity index (χ3n) is 2.72. The van der Waals surface area contributed by atoms with E-state index in [1.165, 1.54) is 0 Å². The number of phenols is 1. The Balaban J connectivity index is 2.21. The Morgan fingerprint density at radius 1 is 1.21 bits per heavy atom. The van der Waals surface area contributed by atoms with Crippen molar-refractivity contribution in [1.29, 1.82) is 0 Å². The second kappa shape index (κ2) is 5.76. The van der Waals surface area contributed by atoms with Crippen molar-refractivity contribution >= 4 is 23.0 Å². The fourth-order valence-corrected chi connectivity index (χ4v) is 1.90. The second-order valence-electron chi connectivity index (χ2n) is 4.34. The van der Waals surface area contributed by atoms with Gasteiger partial charge in [0.15, 0.2) is 0 Å². The summed E-state index contributed by atoms with van der Waals surface area (Å²) in [6.07, 6.45) is 0. The van der Waals surface area contributed by atoms with Crippen molar-refractivity contribution in [3.05, 3.63) is 58.6 Å². The summed E-state index contributed by atoms with van der Waals surface area (Å²) in [5.41, 5.74) is 6.23. The topological polar surface area (TPSA) is 44.6 Å². The summed E-state index contributed by atoms with van der Waals surface area (Å²) >= 11 is 5.89. The average molecular weight is 275 g/mol. The summed E-state index contributed by atoms with van der Waals surface area (Å²) in [7, 11) is 0. The maximum Gasteiger partial charge on any atom is 0.124 e. The number of hydrogen-bond donors (Lipinski definition) is 2. The highest BCUT2D eigenvalue weighted by molar-refractivity contribution is 6.30. The number of nitrogens with one attached hydrogen (secondary N) is 1. The quantitative estimate of drug-likeness (QED) is 0.651. The zero-order chi connectivity index (χ0) is 13.8. The van der Waals surface area contributed by atoms with Gasteiger partial charge in [0, 0.05) is 10.6 Å². The van der Waals surface area contributed by atoms with Gasteiger partial charge in [0.2, 0.25) is 0 Å². The van der Waals surface area contributed by atoms with Crippen molar-refractivity contribution in [3.8, 4) is 5.75 Å². The van der Waals surface area contributed by atoms with Gasteiger partial charge >= 0.3 is 0 Å². The highest BCUT2D eigenvalue weighted by Crippen LogP contribution is 2.20. The molecule has 98 valence electrons. The van der Waals surface area contributed by atoms with E-state index in [0.717, 1.165) is 16.8 Å². The first-order valence-electron chi connectivity index (χ1n) is 5.92. The summed E-state index contributed by atoms with van der Waals surface area (Å²) in [6, 6.07) is 12.7. The highest BCUT2D eigenvalue weighted by Gasteiger charge is 2.04. The molecule has 2 N–H and O–H groups in total. The van der Waals surface area contributed by atoms with Gasteiger partial charge < -0.3 is 5.11 Å². The SMILES string of the molecule is C/C(=N\Nc1cccc(Cl)c1)c1cc(C)ccc1O. The van der Waals surface area contributed by atoms with Crippen molar-refractivity contribution in [3.63, 3.8) is 0 Å². The molecule has 0 aromatic heterocycles. The Morgan fingerprint density at radius 2 is 2.00 bits per heavy atom. The van der Waals surface area contributed by atoms with E-state index in [0.29, 0.717) is 10.7 Å². The molecule has 0 saturated heterocycles. The number of aromatic hydroxyl groups is 1. The smallest absolute Gasteiger partial charge is 0.124 e. The first kappa shape index (κ1) is 13.4. The van der Waals surface area contributed by atoms with E-state index in [1.54, 1.807) is 18.2 Å². The van der Waals surface area contributed by atoms with Crippen LogP contribution < -0.4 is 5.43 Å². The number of phenolic OH excluding ortho intramolecular Hbond substituents is 1. The number of halogens is 1. The molecule has 0 aliphatic carbocycles. The third kappa shape index (κ3) is 3.48. The third-order valence-corrected chi connectivity index (χ3v) is 2.95. The van der Waals surface area contributed by atoms with E-state index in [9.17, 15) is 5.11 Å². The predicted molar refractivity (Wildman–Crippen MR) is 80.1 cm³/mol. The second-order valence-corrected chi connectivity index (χ2v) is 4.78. The molecule has 0 aliphatic rings. The molecule has 0 saturated carbocycles. The minimum Gasteiger partial charge on any atom is -0.507 e. The van der Waals surface area contributed by atoms with Crippen molar-refractivity contribution < 1.29 is 5.11 Å². The lowest BCUT2D eigenvalue weighted by molar-refractivity contribution is 0.474. The summed E-state index contributed by atoms with van der Waals surface area (Å²) in [5, 5.41) is 14.7. The summed E-state index contributed by atoms with van der Waals surface area (Å²) in [4.78, 5) is 0. The monoisotopic (exact) mass is 274 g/mol. The van der Waals surface area contributed by atoms with Crippen LogP contribution in [-0.4, -0.2) is 10.8 Å². The van der Waals surface area contributed by atoms with Crippen LogP contribution >= 0.6 is 11.6 Å². The van der Waals surface area contributed by atoms with Crippen LogP contribution in [0.4, 0.5) is 5.69 Å². The van der Waals surface area contributed by atoms with Gasteiger partial charge in [0.05, 0.1) is 11.4 Å². The molecule has 0 amide bonds. The zero-order valence-electron chi connectivity index (χ0n) is 10.8. The molecule has 4 heteroatoms. The average Bonchev–Trinajstić information content (AvgIpc) is 2.39. The maximum atomic E-state index is 9.82. The molecule has 2 rings (SSSR count). The molecule has 0 radical (unpaired) electrons. The van der Waals surface area contributed by atoms with Gasteiger partial charge in [-0.2, -0.15) is 5.10 Å². The number of anilines is 1. The van der Waals surface area contributed by atoms with Crippen LogP contribution in [0.15, 0.2) is 47.6 Å². The Bertz CT molecular complexity index is 623. The lowest BCUT2D eigenvalue weighted by Crippen LogP contribution is -2.00. The molecule has 0 spiro atoms. The first-order valence-corrected chi connectivity index (χ1v) is 6.30. The fraction of sp³-hybridized carbons (Fsp3) is 0.133. The van der Waals surface area contributed by atoms with Crippen LogP contribution in [-0.2, 0) is 0 Å². The van der Waals surface area contributed by atoms with Crippen LogP contribution in [0.1, 0.15) is 18.1 Å². The van der Waals surface area contributed by atoms with E-state index in [4.69, 9.17) is 11.6 Å². The van der Waals surface area contributed by atoms with Gasteiger partial charge in [-0.05, 0) is 44.2 Å². The first-order chi connectivity index (χ1) is 9.06. The van der Waals surface area contributed by atoms with E-state index < -0.39 is 0 Å². The molecule has 2 aromatic carbocycles. The Kier molecular flexibility index (Phi) is 4.07. The largest absolute Gasteiger partial charge is 0.507 e. The minimum absolute atomic E-state index is 0.222. The molecule has 0 heterocycles. The van der Waals surface area contributed by atoms with Crippen LogP contribution in [0, 0.1) is 6.92 Å². The lowest BCUT2D eigenvalue weighted by atomic mass is 10.1. The van der Waals surface area contributed by atoms with Gasteiger partial charge in [-0.1, -0.05) is 29.3 Å². The van der Waals surface area contributed by atoms with Gasteiger partial charge in [-0.15, -0.1) is 0 Å². The maximum absolute atomic E-state index is 9.82. The van der Waals surface area contributed by atoms with E-state index in [-0.39, 0.29) is 5.75 Å². The number of hydrazone groups is 1.